The number of aromatic nitrogens is 3. The first-order valence-corrected chi connectivity index (χ1v) is 9.43. The predicted molar refractivity (Wildman–Crippen MR) is 116 cm³/mol. The molecule has 2 aromatic heterocycles. The van der Waals surface area contributed by atoms with Crippen LogP contribution in [0.15, 0.2) is 60.9 Å². The van der Waals surface area contributed by atoms with Gasteiger partial charge in [0.2, 0.25) is 0 Å². The van der Waals surface area contributed by atoms with E-state index in [-0.39, 0.29) is 0 Å². The summed E-state index contributed by atoms with van der Waals surface area (Å²) in [5.41, 5.74) is 2.69. The molecule has 7 nitrogen and oxygen atoms in total. The number of nitrogens with one attached hydrogen (secondary N) is 1. The molecule has 0 spiro atoms. The molecule has 0 saturated heterocycles. The van der Waals surface area contributed by atoms with E-state index in [4.69, 9.17) is 24.2 Å². The van der Waals surface area contributed by atoms with Gasteiger partial charge in [0.25, 0.3) is 0 Å². The van der Waals surface area contributed by atoms with Crippen LogP contribution in [-0.4, -0.2) is 36.3 Å². The molecule has 0 amide bonds. The third-order valence-electron chi connectivity index (χ3n) is 4.77. The maximum Gasteiger partial charge on any atom is 0.164 e. The van der Waals surface area contributed by atoms with Crippen LogP contribution < -0.4 is 19.5 Å². The highest BCUT2D eigenvalue weighted by Gasteiger charge is 2.14. The number of benzene rings is 2. The van der Waals surface area contributed by atoms with Crippen molar-refractivity contribution in [3.8, 4) is 28.6 Å². The van der Waals surface area contributed by atoms with E-state index in [9.17, 15) is 0 Å². The largest absolute Gasteiger partial charge is 0.496 e. The number of nitrogens with zero attached hydrogens (tertiary/aromatic N) is 3. The molecule has 1 N–H and O–H groups in total. The number of fused-ring (bicyclic) bond motifs is 1. The van der Waals surface area contributed by atoms with Crippen LogP contribution in [0, 0.1) is 0 Å². The molecular formula is C23H22N4O3. The second kappa shape index (κ2) is 8.65. The summed E-state index contributed by atoms with van der Waals surface area (Å²) in [6.07, 6.45) is 3.46. The third kappa shape index (κ3) is 3.82. The van der Waals surface area contributed by atoms with Crippen molar-refractivity contribution >= 4 is 16.7 Å². The summed E-state index contributed by atoms with van der Waals surface area (Å²) in [5.74, 6) is 3.33. The molecule has 0 fully saturated rings. The van der Waals surface area contributed by atoms with E-state index in [0.29, 0.717) is 29.6 Å². The fourth-order valence-electron chi connectivity index (χ4n) is 3.25. The van der Waals surface area contributed by atoms with Crippen LogP contribution >= 0.6 is 0 Å². The van der Waals surface area contributed by atoms with Crippen molar-refractivity contribution in [3.05, 3.63) is 66.5 Å². The fourth-order valence-corrected chi connectivity index (χ4v) is 3.25. The molecule has 4 aromatic rings. The molecule has 7 heteroatoms. The minimum absolute atomic E-state index is 0.486. The van der Waals surface area contributed by atoms with E-state index in [1.165, 1.54) is 0 Å². The molecule has 0 unspecified atom stereocenters. The van der Waals surface area contributed by atoms with Gasteiger partial charge in [0.15, 0.2) is 17.3 Å². The van der Waals surface area contributed by atoms with Crippen molar-refractivity contribution in [2.75, 3.05) is 26.6 Å². The Morgan fingerprint density at radius 2 is 1.50 bits per heavy atom. The summed E-state index contributed by atoms with van der Waals surface area (Å²) in [5, 5.41) is 4.37. The molecule has 0 aliphatic carbocycles. The normalized spacial score (nSPS) is 10.6. The number of pyridine rings is 1. The summed E-state index contributed by atoms with van der Waals surface area (Å²) in [4.78, 5) is 13.6. The van der Waals surface area contributed by atoms with Gasteiger partial charge in [0.1, 0.15) is 11.6 Å². The molecule has 2 heterocycles. The first-order valence-electron chi connectivity index (χ1n) is 9.43. The monoisotopic (exact) mass is 402 g/mol. The van der Waals surface area contributed by atoms with Gasteiger partial charge in [-0.2, -0.15) is 0 Å². The fraction of sp³-hybridized carbons (Fsp3) is 0.174. The Kier molecular flexibility index (Phi) is 5.61. The molecule has 0 aliphatic rings. The van der Waals surface area contributed by atoms with Gasteiger partial charge in [0.05, 0.1) is 26.8 Å². The zero-order chi connectivity index (χ0) is 20.9. The van der Waals surface area contributed by atoms with E-state index in [0.717, 1.165) is 27.8 Å². The predicted octanol–water partition coefficient (Wildman–Crippen LogP) is 4.33. The second-order valence-corrected chi connectivity index (χ2v) is 6.52. The van der Waals surface area contributed by atoms with Gasteiger partial charge >= 0.3 is 0 Å². The summed E-state index contributed by atoms with van der Waals surface area (Å²) in [7, 11) is 4.84. The van der Waals surface area contributed by atoms with Crippen LogP contribution in [0.4, 0.5) is 5.82 Å². The van der Waals surface area contributed by atoms with E-state index in [1.54, 1.807) is 33.7 Å². The lowest BCUT2D eigenvalue weighted by Crippen LogP contribution is -2.06. The Morgan fingerprint density at radius 3 is 2.23 bits per heavy atom. The zero-order valence-corrected chi connectivity index (χ0v) is 17.0. The molecule has 0 bridgehead atoms. The molecule has 0 atom stereocenters. The second-order valence-electron chi connectivity index (χ2n) is 6.52. The van der Waals surface area contributed by atoms with Gasteiger partial charge in [0, 0.05) is 41.5 Å². The highest BCUT2D eigenvalue weighted by molar-refractivity contribution is 5.90. The van der Waals surface area contributed by atoms with Crippen molar-refractivity contribution < 1.29 is 14.2 Å². The van der Waals surface area contributed by atoms with Crippen molar-refractivity contribution in [3.63, 3.8) is 0 Å². The first-order chi connectivity index (χ1) is 14.7. The van der Waals surface area contributed by atoms with Crippen molar-refractivity contribution in [1.82, 2.24) is 15.0 Å². The van der Waals surface area contributed by atoms with Gasteiger partial charge in [-0.25, -0.2) is 9.97 Å². The summed E-state index contributed by atoms with van der Waals surface area (Å²) in [6.45, 7) is 0.486. The standard InChI is InChI=1S/C23H22N4O3/c1-28-19-13-21(30-3)20(29-2)12-16(19)14-25-23-17-6-4-5-7-18(17)26-22(27-23)15-8-10-24-11-9-15/h4-13H,14H2,1-3H3,(H,25,26,27). The Hall–Kier alpha value is -3.87. The van der Waals surface area contributed by atoms with Crippen molar-refractivity contribution in [2.24, 2.45) is 0 Å². The number of hydrogen-bond donors (Lipinski definition) is 1. The van der Waals surface area contributed by atoms with Crippen LogP contribution in [0.2, 0.25) is 0 Å². The van der Waals surface area contributed by atoms with Gasteiger partial charge in [-0.1, -0.05) is 12.1 Å². The summed E-state index contributed by atoms with van der Waals surface area (Å²) < 4.78 is 16.3. The maximum atomic E-state index is 5.54. The molecule has 4 rings (SSSR count). The highest BCUT2D eigenvalue weighted by Crippen LogP contribution is 2.35. The van der Waals surface area contributed by atoms with E-state index in [1.807, 2.05) is 48.5 Å². The molecule has 0 aliphatic heterocycles. The lowest BCUT2D eigenvalue weighted by Gasteiger charge is -2.16. The van der Waals surface area contributed by atoms with Crippen LogP contribution in [0.3, 0.4) is 0 Å². The molecule has 0 radical (unpaired) electrons. The number of anilines is 1. The average molecular weight is 402 g/mol. The Balaban J connectivity index is 1.72. The molecule has 30 heavy (non-hydrogen) atoms. The molecule has 152 valence electrons. The highest BCUT2D eigenvalue weighted by atomic mass is 16.5. The van der Waals surface area contributed by atoms with Crippen LogP contribution in [0.5, 0.6) is 17.2 Å². The van der Waals surface area contributed by atoms with E-state index >= 15 is 0 Å². The van der Waals surface area contributed by atoms with Gasteiger partial charge < -0.3 is 19.5 Å². The number of methoxy groups -OCH3 is 3. The number of hydrogen-bond acceptors (Lipinski definition) is 7. The molecular weight excluding hydrogens is 380 g/mol. The number of para-hydroxylation sites is 1. The van der Waals surface area contributed by atoms with Crippen molar-refractivity contribution in [1.29, 1.82) is 0 Å². The van der Waals surface area contributed by atoms with E-state index < -0.39 is 0 Å². The maximum absolute atomic E-state index is 5.54. The lowest BCUT2D eigenvalue weighted by atomic mass is 10.1. The quantitative estimate of drug-likeness (QED) is 0.493. The summed E-state index contributed by atoms with van der Waals surface area (Å²) >= 11 is 0. The summed E-state index contributed by atoms with van der Waals surface area (Å²) in [6, 6.07) is 15.4. The molecule has 0 saturated carbocycles. The average Bonchev–Trinajstić information content (AvgIpc) is 2.82. The smallest absolute Gasteiger partial charge is 0.164 e. The number of rotatable bonds is 7. The molecule has 2 aromatic carbocycles. The number of ether oxygens (including phenoxy) is 3. The third-order valence-corrected chi connectivity index (χ3v) is 4.77. The van der Waals surface area contributed by atoms with Crippen LogP contribution in [0.25, 0.3) is 22.3 Å². The van der Waals surface area contributed by atoms with Gasteiger partial charge in [-0.05, 0) is 30.3 Å². The Bertz CT molecular complexity index is 1170. The zero-order valence-electron chi connectivity index (χ0n) is 17.0. The Morgan fingerprint density at radius 1 is 0.800 bits per heavy atom. The topological polar surface area (TPSA) is 78.4 Å². The van der Waals surface area contributed by atoms with Gasteiger partial charge in [-0.3, -0.25) is 4.98 Å². The van der Waals surface area contributed by atoms with Gasteiger partial charge in [-0.15, -0.1) is 0 Å². The lowest BCUT2D eigenvalue weighted by molar-refractivity contribution is 0.347. The SMILES string of the molecule is COc1cc(OC)c(OC)cc1CNc1nc(-c2ccncc2)nc2ccccc12. The van der Waals surface area contributed by atoms with Crippen LogP contribution in [-0.2, 0) is 6.54 Å². The van der Waals surface area contributed by atoms with Crippen molar-refractivity contribution in [2.45, 2.75) is 6.54 Å². The Labute approximate surface area is 174 Å². The van der Waals surface area contributed by atoms with E-state index in [2.05, 4.69) is 10.3 Å². The minimum atomic E-state index is 0.486. The van der Waals surface area contributed by atoms with Crippen LogP contribution in [0.1, 0.15) is 5.56 Å². The first kappa shape index (κ1) is 19.4. The minimum Gasteiger partial charge on any atom is -0.496 e.